The molecule has 2 bridgehead atoms. The molecule has 4 fully saturated rings. The van der Waals surface area contributed by atoms with Gasteiger partial charge in [0.25, 0.3) is 0 Å². The van der Waals surface area contributed by atoms with Crippen molar-refractivity contribution in [3.05, 3.63) is 78.0 Å². The molecule has 5 aromatic rings. The van der Waals surface area contributed by atoms with Crippen molar-refractivity contribution in [3.8, 4) is 41.1 Å². The standard InChI is InChI=1S/C35H31F2N6O6P.C7H12FN/c1-4-25-28(36)13-10-20-14-23(44)15-26(30(20)25)32-31(37)33-27(16-38-32)34(41-35(40-33)48-3)42-18-21-11-12-22(19-42)43(21)50(46,39-17-29(45)47-2)49-24-8-6-5-7-9-24;8-6-4-7-2-1-3-9(7)5-6/h1,5-10,13-16,21-22,44H,11-12,17-19H2,2-3H3,(H,39,46);6-7H,1-5H2/t;6-,7?/m.1/s1. The van der Waals surface area contributed by atoms with E-state index in [1.807, 2.05) is 11.0 Å². The van der Waals surface area contributed by atoms with Gasteiger partial charge in [0.05, 0.1) is 25.2 Å². The number of phenolic OH excluding ortho intramolecular Hbond substituents is 1. The molecule has 2 N–H and O–H groups in total. The molecule has 2 aromatic heterocycles. The minimum absolute atomic E-state index is 0.0891. The van der Waals surface area contributed by atoms with E-state index in [-0.39, 0.29) is 63.5 Å². The van der Waals surface area contributed by atoms with Gasteiger partial charge < -0.3 is 24.0 Å². The molecule has 3 aromatic carbocycles. The van der Waals surface area contributed by atoms with Crippen LogP contribution in [0.25, 0.3) is 32.9 Å². The second-order valence-electron chi connectivity index (χ2n) is 15.0. The summed E-state index contributed by atoms with van der Waals surface area (Å²) in [6, 6.07) is 13.9. The van der Waals surface area contributed by atoms with Crippen molar-refractivity contribution in [3.63, 3.8) is 0 Å². The number of para-hydroxylation sites is 1. The van der Waals surface area contributed by atoms with E-state index < -0.39 is 31.4 Å². The van der Waals surface area contributed by atoms with E-state index in [2.05, 4.69) is 30.9 Å². The first-order valence-corrected chi connectivity index (χ1v) is 21.0. The van der Waals surface area contributed by atoms with Crippen LogP contribution in [0.5, 0.6) is 17.5 Å². The van der Waals surface area contributed by atoms with Crippen LogP contribution in [0, 0.1) is 24.0 Å². The molecule has 0 spiro atoms. The van der Waals surface area contributed by atoms with Gasteiger partial charge in [-0.2, -0.15) is 14.6 Å². The Morgan fingerprint density at radius 3 is 2.49 bits per heavy atom. The Hall–Kier alpha value is -5.46. The van der Waals surface area contributed by atoms with E-state index in [0.717, 1.165) is 13.0 Å². The Labute approximate surface area is 339 Å². The number of pyridine rings is 1. The summed E-state index contributed by atoms with van der Waals surface area (Å²) >= 11 is 0. The number of anilines is 1. The molecule has 6 heterocycles. The molecular formula is C42H43F3N7O6P. The van der Waals surface area contributed by atoms with Gasteiger partial charge in [-0.15, -0.1) is 6.42 Å². The van der Waals surface area contributed by atoms with Crippen LogP contribution in [0.15, 0.2) is 60.8 Å². The maximum atomic E-state index is 16.6. The quantitative estimate of drug-likeness (QED) is 0.0936. The minimum atomic E-state index is -3.83. The van der Waals surface area contributed by atoms with Crippen LogP contribution in [-0.4, -0.2) is 107 Å². The van der Waals surface area contributed by atoms with Crippen LogP contribution in [0.1, 0.15) is 37.7 Å². The number of carbonyl (C=O) groups excluding carboxylic acids is 1. The third-order valence-corrected chi connectivity index (χ3v) is 13.7. The molecule has 4 saturated heterocycles. The van der Waals surface area contributed by atoms with Crippen molar-refractivity contribution < 1.29 is 41.6 Å². The van der Waals surface area contributed by atoms with Gasteiger partial charge in [-0.05, 0) is 74.4 Å². The third-order valence-electron chi connectivity index (χ3n) is 11.4. The number of aromatic nitrogens is 3. The number of rotatable bonds is 9. The zero-order valence-electron chi connectivity index (χ0n) is 32.5. The number of ether oxygens (including phenoxy) is 2. The maximum absolute atomic E-state index is 16.6. The van der Waals surface area contributed by atoms with E-state index in [9.17, 15) is 23.2 Å². The fourth-order valence-electron chi connectivity index (χ4n) is 8.83. The van der Waals surface area contributed by atoms with Gasteiger partial charge in [0, 0.05) is 54.9 Å². The Morgan fingerprint density at radius 2 is 1.80 bits per heavy atom. The van der Waals surface area contributed by atoms with Crippen molar-refractivity contribution >= 4 is 41.1 Å². The number of methoxy groups -OCH3 is 2. The number of fused-ring (bicyclic) bond motifs is 5. The molecule has 308 valence electrons. The second-order valence-corrected chi connectivity index (χ2v) is 17.0. The first-order chi connectivity index (χ1) is 28.5. The van der Waals surface area contributed by atoms with Crippen molar-refractivity contribution in [2.24, 2.45) is 0 Å². The van der Waals surface area contributed by atoms with Crippen LogP contribution in [0.4, 0.5) is 19.0 Å². The molecule has 13 nitrogen and oxygen atoms in total. The first kappa shape index (κ1) is 40.3. The summed E-state index contributed by atoms with van der Waals surface area (Å²) in [6.07, 6.45) is 11.2. The van der Waals surface area contributed by atoms with E-state index in [0.29, 0.717) is 55.5 Å². The molecule has 17 heteroatoms. The third kappa shape index (κ3) is 7.88. The van der Waals surface area contributed by atoms with Gasteiger partial charge in [-0.25, -0.2) is 22.8 Å². The highest BCUT2D eigenvalue weighted by Gasteiger charge is 2.51. The van der Waals surface area contributed by atoms with E-state index in [1.165, 1.54) is 57.5 Å². The molecule has 0 aliphatic carbocycles. The molecular weight excluding hydrogens is 786 g/mol. The second kappa shape index (κ2) is 16.7. The SMILES string of the molecule is C#Cc1c(F)ccc2cc(O)cc(-c3ncc4c(N5CC6CCC(C5)N6P(=O)(NCC(=O)OC)Oc5ccccc5)nc(OC)nc4c3F)c12.F[C@@H]1CC2CCCN2C1. The molecule has 9 rings (SSSR count). The summed E-state index contributed by atoms with van der Waals surface area (Å²) in [5.41, 5.74) is -0.318. The van der Waals surface area contributed by atoms with Crippen molar-refractivity contribution in [1.82, 2.24) is 29.6 Å². The number of benzene rings is 3. The molecule has 4 unspecified atom stereocenters. The van der Waals surface area contributed by atoms with Gasteiger partial charge >= 0.3 is 19.7 Å². The first-order valence-electron chi connectivity index (χ1n) is 19.4. The minimum Gasteiger partial charge on any atom is -0.508 e. The lowest BCUT2D eigenvalue weighted by Gasteiger charge is -2.44. The number of esters is 1. The predicted molar refractivity (Wildman–Crippen MR) is 216 cm³/mol. The largest absolute Gasteiger partial charge is 0.508 e. The van der Waals surface area contributed by atoms with E-state index >= 15 is 4.39 Å². The predicted octanol–water partition coefficient (Wildman–Crippen LogP) is 6.61. The summed E-state index contributed by atoms with van der Waals surface area (Å²) < 4.78 is 76.6. The number of halogens is 3. The highest BCUT2D eigenvalue weighted by atomic mass is 31.2. The molecule has 5 atom stereocenters. The van der Waals surface area contributed by atoms with E-state index in [1.54, 1.807) is 28.9 Å². The lowest BCUT2D eigenvalue weighted by atomic mass is 9.96. The fourth-order valence-corrected chi connectivity index (χ4v) is 11.1. The maximum Gasteiger partial charge on any atom is 0.394 e. The average Bonchev–Trinajstić information content (AvgIpc) is 3.91. The van der Waals surface area contributed by atoms with Crippen LogP contribution < -0.4 is 19.2 Å². The molecule has 4 aliphatic rings. The zero-order chi connectivity index (χ0) is 41.4. The summed E-state index contributed by atoms with van der Waals surface area (Å²) in [5.74, 6) is 0.743. The van der Waals surface area contributed by atoms with Gasteiger partial charge in [0.1, 0.15) is 47.1 Å². The Balaban J connectivity index is 0.000000471. The van der Waals surface area contributed by atoms with Crippen molar-refractivity contribution in [1.29, 1.82) is 0 Å². The van der Waals surface area contributed by atoms with Gasteiger partial charge in [-0.3, -0.25) is 14.7 Å². The number of piperazine rings is 1. The summed E-state index contributed by atoms with van der Waals surface area (Å²) in [5, 5.41) is 14.2. The number of carbonyl (C=O) groups is 1. The lowest BCUT2D eigenvalue weighted by molar-refractivity contribution is -0.139. The fraction of sp³-hybridized carbons (Fsp3) is 0.381. The number of aromatic hydroxyl groups is 1. The zero-order valence-corrected chi connectivity index (χ0v) is 33.4. The highest BCUT2D eigenvalue weighted by molar-refractivity contribution is 7.54. The average molecular weight is 830 g/mol. The number of hydrogen-bond donors (Lipinski definition) is 2. The smallest absolute Gasteiger partial charge is 0.394 e. The van der Waals surface area contributed by atoms with Gasteiger partial charge in [-0.1, -0.05) is 30.2 Å². The van der Waals surface area contributed by atoms with E-state index in [4.69, 9.17) is 20.4 Å². The summed E-state index contributed by atoms with van der Waals surface area (Å²) in [7, 11) is -1.22. The number of terminal acetylenes is 1. The number of nitrogens with zero attached hydrogens (tertiary/aromatic N) is 6. The Bertz CT molecular complexity index is 2470. The van der Waals surface area contributed by atoms with Crippen LogP contribution in [-0.2, 0) is 14.1 Å². The highest BCUT2D eigenvalue weighted by Crippen LogP contribution is 2.55. The molecule has 0 radical (unpaired) electrons. The topological polar surface area (TPSA) is 142 Å². The molecule has 59 heavy (non-hydrogen) atoms. The lowest BCUT2D eigenvalue weighted by Crippen LogP contribution is -2.54. The van der Waals surface area contributed by atoms with Crippen LogP contribution in [0.2, 0.25) is 0 Å². The number of nitrogens with one attached hydrogen (secondary N) is 1. The van der Waals surface area contributed by atoms with Crippen molar-refractivity contribution in [2.45, 2.75) is 56.4 Å². The van der Waals surface area contributed by atoms with Crippen LogP contribution in [0.3, 0.4) is 0 Å². The van der Waals surface area contributed by atoms with Gasteiger partial charge in [0.2, 0.25) is 0 Å². The number of phenols is 1. The van der Waals surface area contributed by atoms with Gasteiger partial charge in [0.15, 0.2) is 5.82 Å². The molecule has 0 saturated carbocycles. The number of alkyl halides is 1. The Morgan fingerprint density at radius 1 is 1.03 bits per heavy atom. The molecule has 0 amide bonds. The molecule has 4 aliphatic heterocycles. The summed E-state index contributed by atoms with van der Waals surface area (Å²) in [4.78, 5) is 29.6. The summed E-state index contributed by atoms with van der Waals surface area (Å²) in [6.45, 7) is 2.17. The monoisotopic (exact) mass is 829 g/mol. The number of hydrogen-bond acceptors (Lipinski definition) is 11. The normalized spacial score (nSPS) is 22.3. The Kier molecular flexibility index (Phi) is 11.4. The van der Waals surface area contributed by atoms with Crippen molar-refractivity contribution in [2.75, 3.05) is 51.8 Å². The van der Waals surface area contributed by atoms with Crippen LogP contribution >= 0.6 is 7.67 Å².